The summed E-state index contributed by atoms with van der Waals surface area (Å²) < 4.78 is 24.3. The van der Waals surface area contributed by atoms with E-state index in [0.717, 1.165) is 42.4 Å². The van der Waals surface area contributed by atoms with Crippen molar-refractivity contribution in [2.45, 2.75) is 26.7 Å². The summed E-state index contributed by atoms with van der Waals surface area (Å²) >= 11 is 1.65. The molecular weight excluding hydrogens is 322 g/mol. The minimum Gasteiger partial charge on any atom is -0.357 e. The Labute approximate surface area is 136 Å². The zero-order chi connectivity index (χ0) is 16.4. The number of aromatic nitrogens is 1. The number of aliphatic imine (C=N–C) groups is 1. The van der Waals surface area contributed by atoms with E-state index in [-0.39, 0.29) is 0 Å². The summed E-state index contributed by atoms with van der Waals surface area (Å²) in [6.45, 7) is 6.51. The van der Waals surface area contributed by atoms with Gasteiger partial charge < -0.3 is 10.6 Å². The highest BCUT2D eigenvalue weighted by molar-refractivity contribution is 7.88. The number of rotatable bonds is 9. The molecule has 0 aliphatic rings. The third-order valence-electron chi connectivity index (χ3n) is 2.65. The molecule has 0 saturated carbocycles. The third-order valence-corrected chi connectivity index (χ3v) is 4.20. The number of hydrogen-bond donors (Lipinski definition) is 3. The standard InChI is InChI=1S/C13H25N5O2S2/c1-4-14-13(15-7-5-8-17-22(3,19)20)16-9-6-12-10-21-11(2)18-12/h10,17H,4-9H2,1-3H3,(H2,14,15,16). The summed E-state index contributed by atoms with van der Waals surface area (Å²) in [6.07, 6.45) is 2.67. The molecule has 7 nitrogen and oxygen atoms in total. The fourth-order valence-corrected chi connectivity index (χ4v) is 2.86. The minimum absolute atomic E-state index is 0.403. The van der Waals surface area contributed by atoms with Crippen LogP contribution in [-0.2, 0) is 16.4 Å². The summed E-state index contributed by atoms with van der Waals surface area (Å²) in [5.74, 6) is 0.744. The number of guanidine groups is 1. The zero-order valence-corrected chi connectivity index (χ0v) is 15.0. The number of sulfonamides is 1. The van der Waals surface area contributed by atoms with Gasteiger partial charge in [0, 0.05) is 38.0 Å². The normalized spacial score (nSPS) is 12.4. The first-order valence-electron chi connectivity index (χ1n) is 7.28. The quantitative estimate of drug-likeness (QED) is 0.343. The molecule has 1 aromatic rings. The van der Waals surface area contributed by atoms with Crippen molar-refractivity contribution in [1.29, 1.82) is 0 Å². The Morgan fingerprint density at radius 3 is 2.73 bits per heavy atom. The van der Waals surface area contributed by atoms with Gasteiger partial charge in [-0.2, -0.15) is 0 Å². The topological polar surface area (TPSA) is 95.5 Å². The van der Waals surface area contributed by atoms with Gasteiger partial charge in [-0.25, -0.2) is 18.1 Å². The highest BCUT2D eigenvalue weighted by Crippen LogP contribution is 2.07. The van der Waals surface area contributed by atoms with Crippen LogP contribution >= 0.6 is 11.3 Å². The Morgan fingerprint density at radius 1 is 1.36 bits per heavy atom. The number of nitrogens with one attached hydrogen (secondary N) is 3. The van der Waals surface area contributed by atoms with Crippen LogP contribution in [0.2, 0.25) is 0 Å². The second-order valence-corrected chi connectivity index (χ2v) is 7.71. The Morgan fingerprint density at radius 2 is 2.14 bits per heavy atom. The second-order valence-electron chi connectivity index (χ2n) is 4.82. The lowest BCUT2D eigenvalue weighted by molar-refractivity contribution is 0.585. The van der Waals surface area contributed by atoms with Gasteiger partial charge in [0.15, 0.2) is 5.96 Å². The van der Waals surface area contributed by atoms with Gasteiger partial charge in [-0.3, -0.25) is 4.99 Å². The van der Waals surface area contributed by atoms with Crippen molar-refractivity contribution >= 4 is 27.3 Å². The van der Waals surface area contributed by atoms with Crippen molar-refractivity contribution in [3.05, 3.63) is 16.1 Å². The zero-order valence-electron chi connectivity index (χ0n) is 13.3. The molecule has 0 fully saturated rings. The van der Waals surface area contributed by atoms with E-state index >= 15 is 0 Å². The predicted molar refractivity (Wildman–Crippen MR) is 92.0 cm³/mol. The number of hydrogen-bond acceptors (Lipinski definition) is 5. The van der Waals surface area contributed by atoms with Crippen molar-refractivity contribution in [2.75, 3.05) is 32.4 Å². The van der Waals surface area contributed by atoms with Crippen LogP contribution in [0, 0.1) is 6.92 Å². The van der Waals surface area contributed by atoms with E-state index in [0.29, 0.717) is 19.5 Å². The monoisotopic (exact) mass is 347 g/mol. The molecule has 0 amide bonds. The molecule has 0 radical (unpaired) electrons. The van der Waals surface area contributed by atoms with Crippen molar-refractivity contribution in [2.24, 2.45) is 4.99 Å². The van der Waals surface area contributed by atoms with Crippen LogP contribution in [0.1, 0.15) is 24.0 Å². The average Bonchev–Trinajstić information content (AvgIpc) is 2.82. The molecule has 0 bridgehead atoms. The lowest BCUT2D eigenvalue weighted by Crippen LogP contribution is -2.38. The molecule has 0 spiro atoms. The van der Waals surface area contributed by atoms with E-state index < -0.39 is 10.0 Å². The van der Waals surface area contributed by atoms with Crippen LogP contribution in [0.15, 0.2) is 10.4 Å². The molecule has 9 heteroatoms. The predicted octanol–water partition coefficient (Wildman–Crippen LogP) is 0.488. The molecule has 1 heterocycles. The summed E-state index contributed by atoms with van der Waals surface area (Å²) in [5.41, 5.74) is 1.09. The molecule has 0 aliphatic heterocycles. The highest BCUT2D eigenvalue weighted by atomic mass is 32.2. The van der Waals surface area contributed by atoms with Gasteiger partial charge in [0.1, 0.15) is 0 Å². The van der Waals surface area contributed by atoms with E-state index in [1.165, 1.54) is 0 Å². The van der Waals surface area contributed by atoms with Crippen LogP contribution in [0.4, 0.5) is 0 Å². The minimum atomic E-state index is -3.11. The fourth-order valence-electron chi connectivity index (χ4n) is 1.70. The molecule has 1 aromatic heterocycles. The van der Waals surface area contributed by atoms with E-state index in [4.69, 9.17) is 0 Å². The van der Waals surface area contributed by atoms with Crippen molar-refractivity contribution in [3.63, 3.8) is 0 Å². The smallest absolute Gasteiger partial charge is 0.208 e. The highest BCUT2D eigenvalue weighted by Gasteiger charge is 2.01. The fraction of sp³-hybridized carbons (Fsp3) is 0.692. The maximum absolute atomic E-state index is 10.9. The van der Waals surface area contributed by atoms with E-state index in [2.05, 4.69) is 30.7 Å². The molecule has 0 aliphatic carbocycles. The van der Waals surface area contributed by atoms with Gasteiger partial charge in [0.25, 0.3) is 0 Å². The van der Waals surface area contributed by atoms with Gasteiger partial charge in [-0.15, -0.1) is 11.3 Å². The van der Waals surface area contributed by atoms with Crippen LogP contribution in [-0.4, -0.2) is 51.8 Å². The molecule has 1 rings (SSSR count). The van der Waals surface area contributed by atoms with E-state index in [1.54, 1.807) is 11.3 Å². The van der Waals surface area contributed by atoms with Gasteiger partial charge in [0.05, 0.1) is 17.0 Å². The molecule has 22 heavy (non-hydrogen) atoms. The van der Waals surface area contributed by atoms with Gasteiger partial charge in [0.2, 0.25) is 10.0 Å². The molecule has 0 atom stereocenters. The van der Waals surface area contributed by atoms with Gasteiger partial charge in [-0.05, 0) is 20.3 Å². The van der Waals surface area contributed by atoms with Crippen LogP contribution in [0.5, 0.6) is 0 Å². The molecule has 0 saturated heterocycles. The second kappa shape index (κ2) is 9.75. The van der Waals surface area contributed by atoms with E-state index in [9.17, 15) is 8.42 Å². The molecule has 0 aromatic carbocycles. The number of aryl methyl sites for hydroxylation is 1. The molecule has 0 unspecified atom stereocenters. The Balaban J connectivity index is 2.29. The summed E-state index contributed by atoms with van der Waals surface area (Å²) in [5, 5.41) is 9.56. The van der Waals surface area contributed by atoms with Crippen molar-refractivity contribution in [3.8, 4) is 0 Å². The summed E-state index contributed by atoms with van der Waals surface area (Å²) in [7, 11) is -3.11. The Kier molecular flexibility index (Phi) is 8.36. The molecule has 126 valence electrons. The van der Waals surface area contributed by atoms with E-state index in [1.807, 2.05) is 13.8 Å². The lowest BCUT2D eigenvalue weighted by atomic mass is 10.3. The van der Waals surface area contributed by atoms with Gasteiger partial charge in [-0.1, -0.05) is 0 Å². The number of nitrogens with zero attached hydrogens (tertiary/aromatic N) is 2. The van der Waals surface area contributed by atoms with Gasteiger partial charge >= 0.3 is 0 Å². The maximum Gasteiger partial charge on any atom is 0.208 e. The first-order valence-corrected chi connectivity index (χ1v) is 10.1. The first kappa shape index (κ1) is 18.9. The Bertz CT molecular complexity index is 569. The first-order chi connectivity index (χ1) is 10.4. The van der Waals surface area contributed by atoms with Crippen LogP contribution in [0.3, 0.4) is 0 Å². The molecular formula is C13H25N5O2S2. The SMILES string of the molecule is CCNC(=NCCCNS(C)(=O)=O)NCCc1csc(C)n1. The average molecular weight is 348 g/mol. The third kappa shape index (κ3) is 8.96. The summed E-state index contributed by atoms with van der Waals surface area (Å²) in [4.78, 5) is 8.83. The number of thiazole rings is 1. The lowest BCUT2D eigenvalue weighted by Gasteiger charge is -2.10. The molecule has 3 N–H and O–H groups in total. The maximum atomic E-state index is 10.9. The summed E-state index contributed by atoms with van der Waals surface area (Å²) in [6, 6.07) is 0. The van der Waals surface area contributed by atoms with Crippen molar-refractivity contribution in [1.82, 2.24) is 20.3 Å². The largest absolute Gasteiger partial charge is 0.357 e. The van der Waals surface area contributed by atoms with Crippen LogP contribution in [0.25, 0.3) is 0 Å². The Hall–Kier alpha value is -1.19. The van der Waals surface area contributed by atoms with Crippen LogP contribution < -0.4 is 15.4 Å². The van der Waals surface area contributed by atoms with Crippen molar-refractivity contribution < 1.29 is 8.42 Å².